The highest BCUT2D eigenvalue weighted by Crippen LogP contribution is 2.36. The van der Waals surface area contributed by atoms with E-state index in [2.05, 4.69) is 20.8 Å². The second-order valence-corrected chi connectivity index (χ2v) is 7.36. The van der Waals surface area contributed by atoms with E-state index in [1.54, 1.807) is 13.8 Å². The number of nitrogens with zero attached hydrogens (tertiary/aromatic N) is 2. The molecule has 8 heteroatoms. The summed E-state index contributed by atoms with van der Waals surface area (Å²) in [6.45, 7) is 5.02. The summed E-state index contributed by atoms with van der Waals surface area (Å²) >= 11 is 1.48. The van der Waals surface area contributed by atoms with Gasteiger partial charge in [0.2, 0.25) is 17.7 Å². The molecule has 0 fully saturated rings. The molecule has 0 bridgehead atoms. The Morgan fingerprint density at radius 1 is 1.42 bits per heavy atom. The molecule has 2 aromatic rings. The van der Waals surface area contributed by atoms with Crippen molar-refractivity contribution < 1.29 is 14.1 Å². The molecule has 126 valence electrons. The van der Waals surface area contributed by atoms with Crippen molar-refractivity contribution in [3.05, 3.63) is 36.0 Å². The van der Waals surface area contributed by atoms with Crippen LogP contribution in [0.5, 0.6) is 0 Å². The number of carbonyl (C=O) groups excluding carboxylic acids is 2. The van der Waals surface area contributed by atoms with Crippen molar-refractivity contribution in [3.63, 3.8) is 0 Å². The molecular weight excluding hydrogens is 328 g/mol. The Hall–Kier alpha value is -2.35. The average Bonchev–Trinajstić information content (AvgIpc) is 2.96. The van der Waals surface area contributed by atoms with Gasteiger partial charge in [0.15, 0.2) is 5.82 Å². The number of carbonyl (C=O) groups is 2. The van der Waals surface area contributed by atoms with Crippen LogP contribution >= 0.6 is 11.8 Å². The van der Waals surface area contributed by atoms with Crippen molar-refractivity contribution in [1.29, 1.82) is 0 Å². The van der Waals surface area contributed by atoms with Crippen LogP contribution in [0.25, 0.3) is 0 Å². The summed E-state index contributed by atoms with van der Waals surface area (Å²) < 4.78 is 5.27. The molecule has 0 unspecified atom stereocenters. The summed E-state index contributed by atoms with van der Waals surface area (Å²) in [6, 6.07) is 7.65. The molecule has 1 aliphatic heterocycles. The van der Waals surface area contributed by atoms with E-state index in [4.69, 9.17) is 4.52 Å². The summed E-state index contributed by atoms with van der Waals surface area (Å²) in [5, 5.41) is 9.25. The lowest BCUT2D eigenvalue weighted by atomic mass is 10.1. The van der Waals surface area contributed by atoms with Gasteiger partial charge in [0.05, 0.1) is 16.5 Å². The molecule has 0 spiro atoms. The third-order valence-electron chi connectivity index (χ3n) is 3.58. The molecule has 0 radical (unpaired) electrons. The molecule has 3 rings (SSSR count). The molecule has 1 atom stereocenters. The number of nitrogens with one attached hydrogen (secondary N) is 2. The van der Waals surface area contributed by atoms with E-state index >= 15 is 0 Å². The van der Waals surface area contributed by atoms with Crippen molar-refractivity contribution in [2.45, 2.75) is 42.9 Å². The second-order valence-electron chi connectivity index (χ2n) is 6.11. The van der Waals surface area contributed by atoms with Crippen LogP contribution in [-0.2, 0) is 21.5 Å². The highest BCUT2D eigenvalue weighted by Gasteiger charge is 2.31. The van der Waals surface area contributed by atoms with E-state index in [9.17, 15) is 9.59 Å². The van der Waals surface area contributed by atoms with Gasteiger partial charge in [-0.1, -0.05) is 17.3 Å². The Balaban J connectivity index is 1.73. The van der Waals surface area contributed by atoms with Crippen LogP contribution in [0.2, 0.25) is 0 Å². The number of amides is 2. The number of hydrogen-bond donors (Lipinski definition) is 2. The van der Waals surface area contributed by atoms with Gasteiger partial charge >= 0.3 is 0 Å². The first-order chi connectivity index (χ1) is 11.3. The minimum atomic E-state index is -0.734. The fourth-order valence-electron chi connectivity index (χ4n) is 2.47. The third kappa shape index (κ3) is 3.43. The van der Waals surface area contributed by atoms with Crippen molar-refractivity contribution >= 4 is 29.3 Å². The molecule has 0 saturated carbocycles. The maximum absolute atomic E-state index is 12.2. The Labute approximate surface area is 143 Å². The minimum Gasteiger partial charge on any atom is -0.344 e. The Morgan fingerprint density at radius 3 is 2.92 bits per heavy atom. The first kappa shape index (κ1) is 16.5. The van der Waals surface area contributed by atoms with Crippen LogP contribution < -0.4 is 10.6 Å². The van der Waals surface area contributed by atoms with E-state index in [1.807, 2.05) is 24.3 Å². The number of benzene rings is 1. The molecule has 2 N–H and O–H groups in total. The number of anilines is 1. The Kier molecular flexibility index (Phi) is 4.31. The number of para-hydroxylation sites is 1. The first-order valence-electron chi connectivity index (χ1n) is 7.53. The summed E-state index contributed by atoms with van der Waals surface area (Å²) in [5.41, 5.74) is 0.0871. The van der Waals surface area contributed by atoms with E-state index in [0.29, 0.717) is 18.1 Å². The van der Waals surface area contributed by atoms with E-state index in [-0.39, 0.29) is 17.1 Å². The normalized spacial score (nSPS) is 17.1. The molecule has 0 saturated heterocycles. The van der Waals surface area contributed by atoms with Crippen LogP contribution in [0.1, 0.15) is 32.5 Å². The molecule has 1 aromatic carbocycles. The molecule has 0 aliphatic carbocycles. The van der Waals surface area contributed by atoms with E-state index < -0.39 is 5.54 Å². The maximum atomic E-state index is 12.2. The first-order valence-corrected chi connectivity index (χ1v) is 8.41. The van der Waals surface area contributed by atoms with Gasteiger partial charge in [0.25, 0.3) is 0 Å². The zero-order valence-electron chi connectivity index (χ0n) is 13.6. The van der Waals surface area contributed by atoms with Crippen molar-refractivity contribution in [2.75, 3.05) is 5.32 Å². The summed E-state index contributed by atoms with van der Waals surface area (Å²) in [4.78, 5) is 28.8. The molecular formula is C16H18N4O3S. The Morgan fingerprint density at radius 2 is 2.17 bits per heavy atom. The fraction of sp³-hybridized carbons (Fsp3) is 0.375. The number of aromatic nitrogens is 2. The van der Waals surface area contributed by atoms with Crippen LogP contribution in [0.3, 0.4) is 0 Å². The van der Waals surface area contributed by atoms with Crippen molar-refractivity contribution in [2.24, 2.45) is 0 Å². The lowest BCUT2D eigenvalue weighted by Crippen LogP contribution is -2.40. The Bertz CT molecular complexity index is 787. The number of rotatable bonds is 4. The monoisotopic (exact) mass is 346 g/mol. The standard InChI is InChI=1S/C16H18N4O3S/c1-9(21)19-16(2,3)15-18-13(23-20-15)8-12-14(22)17-10-6-4-5-7-11(10)24-12/h4-7,12H,8H2,1-3H3,(H,17,22)(H,19,21)/t12-/m0/s1. The van der Waals surface area contributed by atoms with Crippen LogP contribution in [0.4, 0.5) is 5.69 Å². The highest BCUT2D eigenvalue weighted by molar-refractivity contribution is 8.01. The van der Waals surface area contributed by atoms with Crippen molar-refractivity contribution in [1.82, 2.24) is 15.5 Å². The molecule has 24 heavy (non-hydrogen) atoms. The smallest absolute Gasteiger partial charge is 0.238 e. The highest BCUT2D eigenvalue weighted by atomic mass is 32.2. The molecule has 1 aliphatic rings. The van der Waals surface area contributed by atoms with Crippen LogP contribution in [0, 0.1) is 0 Å². The van der Waals surface area contributed by atoms with Gasteiger partial charge in [-0.25, -0.2) is 0 Å². The maximum Gasteiger partial charge on any atom is 0.238 e. The predicted molar refractivity (Wildman–Crippen MR) is 89.6 cm³/mol. The number of hydrogen-bond acceptors (Lipinski definition) is 6. The molecule has 2 amide bonds. The summed E-state index contributed by atoms with van der Waals surface area (Å²) in [7, 11) is 0. The SMILES string of the molecule is CC(=O)NC(C)(C)c1noc(C[C@@H]2Sc3ccccc3NC2=O)n1. The largest absolute Gasteiger partial charge is 0.344 e. The zero-order chi connectivity index (χ0) is 17.3. The lowest BCUT2D eigenvalue weighted by Gasteiger charge is -2.23. The second kappa shape index (κ2) is 6.27. The van der Waals surface area contributed by atoms with Gasteiger partial charge in [0, 0.05) is 18.2 Å². The van der Waals surface area contributed by atoms with Gasteiger partial charge in [0.1, 0.15) is 0 Å². The number of thioether (sulfide) groups is 1. The van der Waals surface area contributed by atoms with Gasteiger partial charge in [-0.05, 0) is 26.0 Å². The molecule has 1 aromatic heterocycles. The summed E-state index contributed by atoms with van der Waals surface area (Å²) in [6.07, 6.45) is 0.327. The van der Waals surface area contributed by atoms with E-state index in [1.165, 1.54) is 18.7 Å². The fourth-order valence-corrected chi connectivity index (χ4v) is 3.57. The van der Waals surface area contributed by atoms with Crippen LogP contribution in [0.15, 0.2) is 33.7 Å². The molecule has 7 nitrogen and oxygen atoms in total. The average molecular weight is 346 g/mol. The number of fused-ring (bicyclic) bond motifs is 1. The van der Waals surface area contributed by atoms with Crippen LogP contribution in [-0.4, -0.2) is 27.2 Å². The predicted octanol–water partition coefficient (Wildman–Crippen LogP) is 2.10. The third-order valence-corrected chi connectivity index (χ3v) is 4.86. The quantitative estimate of drug-likeness (QED) is 0.880. The van der Waals surface area contributed by atoms with Gasteiger partial charge in [-0.3, -0.25) is 9.59 Å². The zero-order valence-corrected chi connectivity index (χ0v) is 14.4. The van der Waals surface area contributed by atoms with Gasteiger partial charge < -0.3 is 15.2 Å². The topological polar surface area (TPSA) is 97.1 Å². The lowest BCUT2D eigenvalue weighted by molar-refractivity contribution is -0.120. The molecule has 2 heterocycles. The minimum absolute atomic E-state index is 0.0837. The summed E-state index contributed by atoms with van der Waals surface area (Å²) in [5.74, 6) is 0.495. The van der Waals surface area contributed by atoms with Crippen molar-refractivity contribution in [3.8, 4) is 0 Å². The van der Waals surface area contributed by atoms with Gasteiger partial charge in [-0.2, -0.15) is 4.98 Å². The van der Waals surface area contributed by atoms with E-state index in [0.717, 1.165) is 10.6 Å². The van der Waals surface area contributed by atoms with Gasteiger partial charge in [-0.15, -0.1) is 11.8 Å².